The van der Waals surface area contributed by atoms with Crippen LogP contribution in [0.15, 0.2) is 78.9 Å². The number of nitrogens with one attached hydrogen (secondary N) is 1. The molecule has 202 valence electrons. The number of halogens is 1. The van der Waals surface area contributed by atoms with E-state index in [1.54, 1.807) is 0 Å². The first-order valence-electron chi connectivity index (χ1n) is 12.5. The van der Waals surface area contributed by atoms with Gasteiger partial charge in [0.15, 0.2) is 0 Å². The standard InChI is InChI=1S/C29H34FN3O4S/c1-4-18-31-29(35)27(19-23-8-6-5-7-9-23)32(20-24-12-10-22(2)11-13-24)28(34)21-33(38(3,36)37)26-16-14-25(30)15-17-26/h5-17,27H,4,18-21H2,1-3H3,(H,31,35)/t27-/m0/s1. The topological polar surface area (TPSA) is 86.8 Å². The molecular formula is C29H34FN3O4S. The summed E-state index contributed by atoms with van der Waals surface area (Å²) in [5, 5.41) is 2.90. The van der Waals surface area contributed by atoms with Crippen LogP contribution >= 0.6 is 0 Å². The van der Waals surface area contributed by atoms with E-state index in [0.29, 0.717) is 6.54 Å². The zero-order valence-electron chi connectivity index (χ0n) is 21.9. The predicted octanol–water partition coefficient (Wildman–Crippen LogP) is 4.07. The average molecular weight is 540 g/mol. The number of carbonyl (C=O) groups is 2. The first-order valence-corrected chi connectivity index (χ1v) is 14.3. The van der Waals surface area contributed by atoms with Gasteiger partial charge in [0.1, 0.15) is 18.4 Å². The molecular weight excluding hydrogens is 505 g/mol. The second-order valence-corrected chi connectivity index (χ2v) is 11.2. The van der Waals surface area contributed by atoms with Crippen LogP contribution in [0.25, 0.3) is 0 Å². The third-order valence-corrected chi connectivity index (χ3v) is 7.23. The van der Waals surface area contributed by atoms with Gasteiger partial charge in [0, 0.05) is 19.5 Å². The van der Waals surface area contributed by atoms with Crippen LogP contribution in [0.3, 0.4) is 0 Å². The Morgan fingerprint density at radius 2 is 1.55 bits per heavy atom. The largest absolute Gasteiger partial charge is 0.354 e. The van der Waals surface area contributed by atoms with E-state index in [-0.39, 0.29) is 24.6 Å². The van der Waals surface area contributed by atoms with Crippen molar-refractivity contribution >= 4 is 27.5 Å². The van der Waals surface area contributed by atoms with Gasteiger partial charge in [-0.3, -0.25) is 13.9 Å². The molecule has 0 fully saturated rings. The van der Waals surface area contributed by atoms with Gasteiger partial charge in [-0.2, -0.15) is 0 Å². The molecule has 0 radical (unpaired) electrons. The van der Waals surface area contributed by atoms with Crippen molar-refractivity contribution in [1.82, 2.24) is 10.2 Å². The van der Waals surface area contributed by atoms with E-state index in [1.165, 1.54) is 17.0 Å². The summed E-state index contributed by atoms with van der Waals surface area (Å²) in [6.07, 6.45) is 1.97. The van der Waals surface area contributed by atoms with Gasteiger partial charge >= 0.3 is 0 Å². The van der Waals surface area contributed by atoms with Crippen LogP contribution in [0.1, 0.15) is 30.0 Å². The molecule has 1 atom stereocenters. The fourth-order valence-electron chi connectivity index (χ4n) is 4.03. The van der Waals surface area contributed by atoms with Crippen molar-refractivity contribution in [3.05, 3.63) is 101 Å². The normalized spacial score (nSPS) is 12.0. The summed E-state index contributed by atoms with van der Waals surface area (Å²) in [5.74, 6) is -1.39. The van der Waals surface area contributed by atoms with E-state index in [4.69, 9.17) is 0 Å². The summed E-state index contributed by atoms with van der Waals surface area (Å²) < 4.78 is 39.8. The van der Waals surface area contributed by atoms with E-state index >= 15 is 0 Å². The number of hydrogen-bond donors (Lipinski definition) is 1. The molecule has 0 aliphatic heterocycles. The number of anilines is 1. The summed E-state index contributed by atoms with van der Waals surface area (Å²) >= 11 is 0. The second-order valence-electron chi connectivity index (χ2n) is 9.25. The number of benzene rings is 3. The molecule has 2 amide bonds. The van der Waals surface area contributed by atoms with Crippen LogP contribution in [-0.2, 0) is 32.6 Å². The van der Waals surface area contributed by atoms with Gasteiger partial charge in [0.2, 0.25) is 21.8 Å². The number of carbonyl (C=O) groups excluding carboxylic acids is 2. The van der Waals surface area contributed by atoms with Crippen molar-refractivity contribution in [1.29, 1.82) is 0 Å². The minimum atomic E-state index is -3.89. The van der Waals surface area contributed by atoms with Gasteiger partial charge in [0.05, 0.1) is 11.9 Å². The molecule has 0 aliphatic carbocycles. The third-order valence-electron chi connectivity index (χ3n) is 6.09. The van der Waals surface area contributed by atoms with E-state index in [0.717, 1.165) is 45.8 Å². The Kier molecular flexibility index (Phi) is 10.0. The molecule has 3 rings (SSSR count). The Bertz CT molecular complexity index is 1310. The second kappa shape index (κ2) is 13.2. The maximum absolute atomic E-state index is 13.9. The highest BCUT2D eigenvalue weighted by Crippen LogP contribution is 2.21. The molecule has 0 saturated heterocycles. The Balaban J connectivity index is 2.02. The lowest BCUT2D eigenvalue weighted by Crippen LogP contribution is -2.53. The summed E-state index contributed by atoms with van der Waals surface area (Å²) in [4.78, 5) is 28.7. The van der Waals surface area contributed by atoms with Crippen LogP contribution < -0.4 is 9.62 Å². The molecule has 3 aromatic carbocycles. The first-order chi connectivity index (χ1) is 18.1. The van der Waals surface area contributed by atoms with Crippen molar-refractivity contribution in [3.8, 4) is 0 Å². The van der Waals surface area contributed by atoms with E-state index < -0.39 is 34.3 Å². The molecule has 9 heteroatoms. The molecule has 3 aromatic rings. The summed E-state index contributed by atoms with van der Waals surface area (Å²) in [7, 11) is -3.89. The number of hydrogen-bond acceptors (Lipinski definition) is 4. The molecule has 0 heterocycles. The summed E-state index contributed by atoms with van der Waals surface area (Å²) in [6, 6.07) is 21.0. The Morgan fingerprint density at radius 3 is 2.13 bits per heavy atom. The smallest absolute Gasteiger partial charge is 0.244 e. The fourth-order valence-corrected chi connectivity index (χ4v) is 4.88. The molecule has 38 heavy (non-hydrogen) atoms. The van der Waals surface area contributed by atoms with Gasteiger partial charge in [-0.05, 0) is 48.7 Å². The molecule has 0 spiro atoms. The maximum atomic E-state index is 13.9. The Hall–Kier alpha value is -3.72. The number of rotatable bonds is 12. The van der Waals surface area contributed by atoms with Gasteiger partial charge in [-0.25, -0.2) is 12.8 Å². The van der Waals surface area contributed by atoms with Gasteiger partial charge in [-0.15, -0.1) is 0 Å². The number of amides is 2. The molecule has 1 N–H and O–H groups in total. The lowest BCUT2D eigenvalue weighted by atomic mass is 10.0. The van der Waals surface area contributed by atoms with Gasteiger partial charge in [-0.1, -0.05) is 67.1 Å². The first kappa shape index (κ1) is 28.8. The van der Waals surface area contributed by atoms with Crippen molar-refractivity contribution < 1.29 is 22.4 Å². The molecule has 0 unspecified atom stereocenters. The molecule has 0 bridgehead atoms. The third kappa shape index (κ3) is 8.14. The van der Waals surface area contributed by atoms with Crippen molar-refractivity contribution in [3.63, 3.8) is 0 Å². The molecule has 0 aliphatic rings. The highest BCUT2D eigenvalue weighted by Gasteiger charge is 2.32. The predicted molar refractivity (Wildman–Crippen MR) is 148 cm³/mol. The lowest BCUT2D eigenvalue weighted by molar-refractivity contribution is -0.140. The molecule has 0 aromatic heterocycles. The highest BCUT2D eigenvalue weighted by atomic mass is 32.2. The highest BCUT2D eigenvalue weighted by molar-refractivity contribution is 7.92. The maximum Gasteiger partial charge on any atom is 0.244 e. The van der Waals surface area contributed by atoms with Crippen LogP contribution in [0.2, 0.25) is 0 Å². The van der Waals surface area contributed by atoms with Crippen LogP contribution in [0.5, 0.6) is 0 Å². The van der Waals surface area contributed by atoms with Crippen LogP contribution in [0, 0.1) is 12.7 Å². The average Bonchev–Trinajstić information content (AvgIpc) is 2.89. The van der Waals surface area contributed by atoms with Crippen molar-refractivity contribution in [2.45, 2.75) is 39.3 Å². The van der Waals surface area contributed by atoms with Gasteiger partial charge < -0.3 is 10.2 Å². The zero-order valence-corrected chi connectivity index (χ0v) is 22.7. The zero-order chi connectivity index (χ0) is 27.7. The van der Waals surface area contributed by atoms with Crippen molar-refractivity contribution in [2.24, 2.45) is 0 Å². The lowest BCUT2D eigenvalue weighted by Gasteiger charge is -2.33. The minimum Gasteiger partial charge on any atom is -0.354 e. The summed E-state index contributed by atoms with van der Waals surface area (Å²) in [6.45, 7) is 3.91. The Morgan fingerprint density at radius 1 is 0.921 bits per heavy atom. The monoisotopic (exact) mass is 539 g/mol. The molecule has 0 saturated carbocycles. The van der Waals surface area contributed by atoms with E-state index in [9.17, 15) is 22.4 Å². The minimum absolute atomic E-state index is 0.108. The van der Waals surface area contributed by atoms with Crippen LogP contribution in [-0.4, -0.2) is 50.5 Å². The number of sulfonamides is 1. The number of nitrogens with zero attached hydrogens (tertiary/aromatic N) is 2. The fraction of sp³-hybridized carbons (Fsp3) is 0.310. The SMILES string of the molecule is CCCNC(=O)[C@H](Cc1ccccc1)N(Cc1ccc(C)cc1)C(=O)CN(c1ccc(F)cc1)S(C)(=O)=O. The Labute approximate surface area is 224 Å². The number of aryl methyl sites for hydroxylation is 1. The molecule has 7 nitrogen and oxygen atoms in total. The van der Waals surface area contributed by atoms with Crippen molar-refractivity contribution in [2.75, 3.05) is 23.7 Å². The van der Waals surface area contributed by atoms with Crippen LogP contribution in [0.4, 0.5) is 10.1 Å². The van der Waals surface area contributed by atoms with E-state index in [2.05, 4.69) is 5.32 Å². The van der Waals surface area contributed by atoms with E-state index in [1.807, 2.05) is 68.4 Å². The quantitative estimate of drug-likeness (QED) is 0.376. The summed E-state index contributed by atoms with van der Waals surface area (Å²) in [5.41, 5.74) is 2.88. The van der Waals surface area contributed by atoms with Gasteiger partial charge in [0.25, 0.3) is 0 Å².